The second-order valence-corrected chi connectivity index (χ2v) is 6.40. The summed E-state index contributed by atoms with van der Waals surface area (Å²) < 4.78 is 7.51. The van der Waals surface area contributed by atoms with E-state index in [1.807, 2.05) is 50.4 Å². The minimum absolute atomic E-state index is 0.247. The van der Waals surface area contributed by atoms with Gasteiger partial charge in [-0.3, -0.25) is 4.90 Å². The fraction of sp³-hybridized carbons (Fsp3) is 0.529. The first kappa shape index (κ1) is 16.0. The highest BCUT2D eigenvalue weighted by molar-refractivity contribution is 5.20. The van der Waals surface area contributed by atoms with Gasteiger partial charge in [0.2, 0.25) is 0 Å². The monoisotopic (exact) mass is 316 g/mol. The van der Waals surface area contributed by atoms with Gasteiger partial charge in [-0.15, -0.1) is 5.10 Å². The number of rotatable bonds is 6. The molecule has 6 heteroatoms. The van der Waals surface area contributed by atoms with Gasteiger partial charge in [0, 0.05) is 25.7 Å². The highest BCUT2D eigenvalue weighted by Crippen LogP contribution is 2.30. The number of nitrogens with zero attached hydrogens (tertiary/aromatic N) is 4. The molecule has 1 atom stereocenters. The topological polar surface area (TPSA) is 63.4 Å². The van der Waals surface area contributed by atoms with Gasteiger partial charge in [-0.25, -0.2) is 4.68 Å². The van der Waals surface area contributed by atoms with Crippen LogP contribution in [0, 0.1) is 0 Å². The van der Waals surface area contributed by atoms with E-state index in [-0.39, 0.29) is 6.04 Å². The first-order valence-corrected chi connectivity index (χ1v) is 8.12. The molecule has 0 radical (unpaired) electrons. The Balaban J connectivity index is 1.52. The normalized spacial score (nSPS) is 21.9. The van der Waals surface area contributed by atoms with Gasteiger partial charge < -0.3 is 9.84 Å². The fourth-order valence-corrected chi connectivity index (χ4v) is 2.82. The Bertz CT molecular complexity index is 629. The van der Waals surface area contributed by atoms with Crippen LogP contribution >= 0.6 is 0 Å². The zero-order chi connectivity index (χ0) is 16.3. The van der Waals surface area contributed by atoms with Crippen LogP contribution < -0.4 is 4.74 Å². The van der Waals surface area contributed by atoms with E-state index in [0.717, 1.165) is 18.8 Å². The number of hydrogen-bond acceptors (Lipinski definition) is 5. The third-order valence-electron chi connectivity index (χ3n) is 4.26. The van der Waals surface area contributed by atoms with Crippen molar-refractivity contribution in [2.24, 2.45) is 0 Å². The Hall–Kier alpha value is -1.92. The summed E-state index contributed by atoms with van der Waals surface area (Å²) in [7, 11) is 0. The van der Waals surface area contributed by atoms with E-state index in [1.165, 1.54) is 0 Å². The summed E-state index contributed by atoms with van der Waals surface area (Å²) in [6.45, 7) is 6.90. The van der Waals surface area contributed by atoms with E-state index in [4.69, 9.17) is 4.74 Å². The number of benzene rings is 1. The van der Waals surface area contributed by atoms with E-state index in [2.05, 4.69) is 15.2 Å². The highest BCUT2D eigenvalue weighted by Gasteiger charge is 2.40. The summed E-state index contributed by atoms with van der Waals surface area (Å²) in [4.78, 5) is 2.21. The molecule has 0 saturated carbocycles. The van der Waals surface area contributed by atoms with E-state index < -0.39 is 5.60 Å². The van der Waals surface area contributed by atoms with E-state index in [9.17, 15) is 5.11 Å². The molecule has 2 aromatic rings. The molecule has 1 aliphatic heterocycles. The molecule has 0 spiro atoms. The van der Waals surface area contributed by atoms with Crippen LogP contribution in [0.25, 0.3) is 0 Å². The zero-order valence-corrected chi connectivity index (χ0v) is 13.7. The van der Waals surface area contributed by atoms with Crippen LogP contribution in [0.4, 0.5) is 0 Å². The van der Waals surface area contributed by atoms with Gasteiger partial charge in [0.05, 0.1) is 6.20 Å². The average Bonchev–Trinajstić information content (AvgIpc) is 3.17. The molecule has 2 heterocycles. The first-order valence-electron chi connectivity index (χ1n) is 8.12. The second kappa shape index (κ2) is 6.68. The van der Waals surface area contributed by atoms with Crippen LogP contribution in [0.15, 0.2) is 36.5 Å². The second-order valence-electron chi connectivity index (χ2n) is 6.40. The number of aliphatic hydroxyl groups is 1. The van der Waals surface area contributed by atoms with Crippen molar-refractivity contribution < 1.29 is 9.84 Å². The van der Waals surface area contributed by atoms with Gasteiger partial charge in [-0.05, 0) is 32.4 Å². The maximum Gasteiger partial charge on any atom is 0.124 e. The predicted octanol–water partition coefficient (Wildman–Crippen LogP) is 1.83. The standard InChI is InChI=1S/C17H24N4O2/c1-14(2)21-12-16(18-19-21)17(22)8-9-20(13-17)10-11-23-15-6-4-3-5-7-15/h3-7,12,14,22H,8-11,13H2,1-2H3/t17-/m1/s1. The maximum atomic E-state index is 10.8. The smallest absolute Gasteiger partial charge is 0.124 e. The Labute approximate surface area is 136 Å². The van der Waals surface area contributed by atoms with E-state index in [1.54, 1.807) is 4.68 Å². The zero-order valence-electron chi connectivity index (χ0n) is 13.7. The average molecular weight is 316 g/mol. The van der Waals surface area contributed by atoms with Gasteiger partial charge in [0.1, 0.15) is 23.7 Å². The van der Waals surface area contributed by atoms with Crippen LogP contribution in [0.3, 0.4) is 0 Å². The number of β-amino-alcohol motifs (C(OH)–C–C–N with tert-alkyl or cyclic N) is 1. The number of ether oxygens (including phenoxy) is 1. The minimum Gasteiger partial charge on any atom is -0.492 e. The third kappa shape index (κ3) is 3.71. The third-order valence-corrected chi connectivity index (χ3v) is 4.26. The van der Waals surface area contributed by atoms with E-state index in [0.29, 0.717) is 25.3 Å². The van der Waals surface area contributed by atoms with Crippen molar-refractivity contribution in [1.82, 2.24) is 19.9 Å². The molecule has 0 bridgehead atoms. The Morgan fingerprint density at radius 1 is 1.30 bits per heavy atom. The number of para-hydroxylation sites is 1. The molecule has 1 N–H and O–H groups in total. The molecule has 1 aliphatic rings. The number of likely N-dealkylation sites (tertiary alicyclic amines) is 1. The molecule has 1 fully saturated rings. The quantitative estimate of drug-likeness (QED) is 0.881. The lowest BCUT2D eigenvalue weighted by atomic mass is 10.00. The summed E-state index contributed by atoms with van der Waals surface area (Å²) in [5, 5.41) is 19.1. The summed E-state index contributed by atoms with van der Waals surface area (Å²) >= 11 is 0. The molecule has 0 unspecified atom stereocenters. The highest BCUT2D eigenvalue weighted by atomic mass is 16.5. The molecule has 1 aromatic heterocycles. The van der Waals surface area contributed by atoms with Gasteiger partial charge in [0.15, 0.2) is 0 Å². The van der Waals surface area contributed by atoms with E-state index >= 15 is 0 Å². The molecule has 1 aromatic carbocycles. The molecular formula is C17H24N4O2. The Morgan fingerprint density at radius 2 is 2.09 bits per heavy atom. The first-order chi connectivity index (χ1) is 11.1. The lowest BCUT2D eigenvalue weighted by Gasteiger charge is -2.21. The van der Waals surface area contributed by atoms with Crippen molar-refractivity contribution >= 4 is 0 Å². The molecule has 0 amide bonds. The molecule has 3 rings (SSSR count). The predicted molar refractivity (Wildman–Crippen MR) is 87.3 cm³/mol. The van der Waals surface area contributed by atoms with Gasteiger partial charge in [-0.2, -0.15) is 0 Å². The summed E-state index contributed by atoms with van der Waals surface area (Å²) in [5.74, 6) is 0.877. The summed E-state index contributed by atoms with van der Waals surface area (Å²) in [5.41, 5.74) is -0.238. The Morgan fingerprint density at radius 3 is 2.78 bits per heavy atom. The minimum atomic E-state index is -0.903. The lowest BCUT2D eigenvalue weighted by molar-refractivity contribution is 0.0403. The van der Waals surface area contributed by atoms with Gasteiger partial charge in [-0.1, -0.05) is 23.4 Å². The van der Waals surface area contributed by atoms with Crippen molar-refractivity contribution in [2.45, 2.75) is 31.9 Å². The summed E-state index contributed by atoms with van der Waals surface area (Å²) in [6, 6.07) is 10.0. The Kier molecular flexibility index (Phi) is 4.63. The summed E-state index contributed by atoms with van der Waals surface area (Å²) in [6.07, 6.45) is 2.53. The molecule has 124 valence electrons. The molecule has 1 saturated heterocycles. The molecule has 23 heavy (non-hydrogen) atoms. The van der Waals surface area contributed by atoms with Crippen LogP contribution in [0.5, 0.6) is 5.75 Å². The molecule has 0 aliphatic carbocycles. The SMILES string of the molecule is CC(C)n1cc([C@@]2(O)CCN(CCOc3ccccc3)C2)nn1. The maximum absolute atomic E-state index is 10.8. The largest absolute Gasteiger partial charge is 0.492 e. The van der Waals surface area contributed by atoms with Gasteiger partial charge in [0.25, 0.3) is 0 Å². The molecule has 6 nitrogen and oxygen atoms in total. The number of hydrogen-bond donors (Lipinski definition) is 1. The molecular weight excluding hydrogens is 292 g/mol. The van der Waals surface area contributed by atoms with Crippen LogP contribution in [0.1, 0.15) is 32.0 Å². The van der Waals surface area contributed by atoms with Crippen LogP contribution in [-0.2, 0) is 5.60 Å². The van der Waals surface area contributed by atoms with Crippen molar-refractivity contribution in [3.8, 4) is 5.75 Å². The van der Waals surface area contributed by atoms with Crippen LogP contribution in [-0.4, -0.2) is 51.2 Å². The van der Waals surface area contributed by atoms with Crippen molar-refractivity contribution in [3.63, 3.8) is 0 Å². The van der Waals surface area contributed by atoms with Crippen molar-refractivity contribution in [3.05, 3.63) is 42.2 Å². The fourth-order valence-electron chi connectivity index (χ4n) is 2.82. The van der Waals surface area contributed by atoms with Crippen molar-refractivity contribution in [2.75, 3.05) is 26.2 Å². The lowest BCUT2D eigenvalue weighted by Crippen LogP contribution is -2.33. The van der Waals surface area contributed by atoms with Crippen LogP contribution in [0.2, 0.25) is 0 Å². The van der Waals surface area contributed by atoms with Crippen molar-refractivity contribution in [1.29, 1.82) is 0 Å². The van der Waals surface area contributed by atoms with Gasteiger partial charge >= 0.3 is 0 Å². The number of aromatic nitrogens is 3.